The highest BCUT2D eigenvalue weighted by atomic mass is 79.9. The summed E-state index contributed by atoms with van der Waals surface area (Å²) in [5, 5.41) is 0. The van der Waals surface area contributed by atoms with Gasteiger partial charge in [0.1, 0.15) is 0 Å². The molecule has 1 aliphatic carbocycles. The highest BCUT2D eigenvalue weighted by Crippen LogP contribution is 2.30. The minimum Gasteiger partial charge on any atom is -0.334 e. The molecule has 110 valence electrons. The Labute approximate surface area is 133 Å². The molecule has 2 N–H and O–H groups in total. The van der Waals surface area contributed by atoms with Crippen molar-refractivity contribution in [2.75, 3.05) is 12.0 Å². The van der Waals surface area contributed by atoms with Gasteiger partial charge < -0.3 is 10.6 Å². The normalized spacial score (nSPS) is 15.9. The number of amides is 1. The topological polar surface area (TPSA) is 46.3 Å². The first-order valence-electron chi connectivity index (χ1n) is 6.92. The first-order chi connectivity index (χ1) is 9.63. The number of halogens is 1. The van der Waals surface area contributed by atoms with Crippen LogP contribution in [0.2, 0.25) is 0 Å². The molecule has 0 heterocycles. The second-order valence-corrected chi connectivity index (χ2v) is 7.02. The zero-order valence-electron chi connectivity index (χ0n) is 11.7. The van der Waals surface area contributed by atoms with Gasteiger partial charge in [0.05, 0.1) is 6.04 Å². The minimum absolute atomic E-state index is 0.0947. The Morgan fingerprint density at radius 3 is 2.80 bits per heavy atom. The number of nitrogens with two attached hydrogens (primary N) is 1. The van der Waals surface area contributed by atoms with Crippen molar-refractivity contribution in [2.45, 2.75) is 37.9 Å². The maximum absolute atomic E-state index is 12.5. The maximum Gasteiger partial charge on any atom is 0.240 e. The van der Waals surface area contributed by atoms with E-state index < -0.39 is 0 Å². The summed E-state index contributed by atoms with van der Waals surface area (Å²) in [5.74, 6) is 1.03. The number of hydrogen-bond donors (Lipinski definition) is 1. The van der Waals surface area contributed by atoms with Gasteiger partial charge in [0.25, 0.3) is 0 Å². The summed E-state index contributed by atoms with van der Waals surface area (Å²) in [6, 6.07) is 8.07. The van der Waals surface area contributed by atoms with E-state index in [9.17, 15) is 4.79 Å². The van der Waals surface area contributed by atoms with E-state index in [0.29, 0.717) is 12.6 Å². The van der Waals surface area contributed by atoms with E-state index in [1.54, 1.807) is 11.8 Å². The van der Waals surface area contributed by atoms with Gasteiger partial charge in [-0.3, -0.25) is 4.79 Å². The number of carbonyl (C=O) groups excluding carboxylic acids is 1. The monoisotopic (exact) mass is 356 g/mol. The molecular weight excluding hydrogens is 336 g/mol. The molecule has 1 aromatic carbocycles. The zero-order valence-corrected chi connectivity index (χ0v) is 14.1. The summed E-state index contributed by atoms with van der Waals surface area (Å²) in [6.07, 6.45) is 4.99. The van der Waals surface area contributed by atoms with E-state index in [1.165, 1.54) is 0 Å². The van der Waals surface area contributed by atoms with Crippen molar-refractivity contribution in [3.8, 4) is 0 Å². The van der Waals surface area contributed by atoms with Crippen molar-refractivity contribution in [3.63, 3.8) is 0 Å². The molecule has 0 aliphatic heterocycles. The zero-order chi connectivity index (χ0) is 14.5. The molecule has 0 saturated heterocycles. The molecule has 20 heavy (non-hydrogen) atoms. The van der Waals surface area contributed by atoms with Crippen LogP contribution in [0.4, 0.5) is 0 Å². The lowest BCUT2D eigenvalue weighted by Gasteiger charge is -2.26. The van der Waals surface area contributed by atoms with Gasteiger partial charge in [-0.1, -0.05) is 34.1 Å². The predicted octanol–water partition coefficient (Wildman–Crippen LogP) is 3.02. The number of thioether (sulfide) groups is 1. The van der Waals surface area contributed by atoms with Gasteiger partial charge in [0, 0.05) is 17.1 Å². The molecule has 0 aromatic heterocycles. The molecule has 1 amide bonds. The van der Waals surface area contributed by atoms with Crippen molar-refractivity contribution in [3.05, 3.63) is 34.3 Å². The molecule has 0 bridgehead atoms. The SMILES string of the molecule is CSCC[C@@H](N)C(=O)N(Cc1ccccc1Br)C1CC1. The third-order valence-electron chi connectivity index (χ3n) is 3.52. The van der Waals surface area contributed by atoms with Gasteiger partial charge >= 0.3 is 0 Å². The van der Waals surface area contributed by atoms with Crippen LogP contribution in [-0.4, -0.2) is 34.9 Å². The van der Waals surface area contributed by atoms with Gasteiger partial charge in [-0.15, -0.1) is 0 Å². The van der Waals surface area contributed by atoms with Gasteiger partial charge in [0.2, 0.25) is 5.91 Å². The molecule has 0 radical (unpaired) electrons. The molecule has 2 rings (SSSR count). The Hall–Kier alpha value is -0.520. The number of rotatable bonds is 7. The lowest BCUT2D eigenvalue weighted by molar-refractivity contribution is -0.133. The first-order valence-corrected chi connectivity index (χ1v) is 9.10. The summed E-state index contributed by atoms with van der Waals surface area (Å²) in [7, 11) is 0. The van der Waals surface area contributed by atoms with Gasteiger partial charge in [-0.05, 0) is 42.9 Å². The lowest BCUT2D eigenvalue weighted by atomic mass is 10.1. The van der Waals surface area contributed by atoms with Crippen LogP contribution in [0.3, 0.4) is 0 Å². The van der Waals surface area contributed by atoms with Crippen LogP contribution in [0.25, 0.3) is 0 Å². The standard InChI is InChI=1S/C15H21BrN2OS/c1-20-9-8-14(17)15(19)18(12-6-7-12)10-11-4-2-3-5-13(11)16/h2-5,12,14H,6-10,17H2,1H3/t14-/m1/s1. The summed E-state index contributed by atoms with van der Waals surface area (Å²) in [4.78, 5) is 14.5. The molecule has 0 spiro atoms. The predicted molar refractivity (Wildman–Crippen MR) is 88.7 cm³/mol. The number of hydrogen-bond acceptors (Lipinski definition) is 3. The van der Waals surface area contributed by atoms with Crippen LogP contribution in [-0.2, 0) is 11.3 Å². The van der Waals surface area contributed by atoms with Gasteiger partial charge in [-0.2, -0.15) is 11.8 Å². The fraction of sp³-hybridized carbons (Fsp3) is 0.533. The molecule has 1 fully saturated rings. The van der Waals surface area contributed by atoms with E-state index in [2.05, 4.69) is 22.0 Å². The van der Waals surface area contributed by atoms with Crippen LogP contribution in [0.15, 0.2) is 28.7 Å². The van der Waals surface area contributed by atoms with Crippen LogP contribution in [0.5, 0.6) is 0 Å². The number of benzene rings is 1. The average molecular weight is 357 g/mol. The van der Waals surface area contributed by atoms with Crippen molar-refractivity contribution >= 4 is 33.6 Å². The van der Waals surface area contributed by atoms with Crippen molar-refractivity contribution in [1.82, 2.24) is 4.90 Å². The van der Waals surface area contributed by atoms with Crippen molar-refractivity contribution in [1.29, 1.82) is 0 Å². The molecule has 5 heteroatoms. The first kappa shape index (κ1) is 15.9. The molecule has 3 nitrogen and oxygen atoms in total. The van der Waals surface area contributed by atoms with Crippen molar-refractivity contribution < 1.29 is 4.79 Å². The fourth-order valence-corrected chi connectivity index (χ4v) is 3.06. The Bertz CT molecular complexity index is 465. The van der Waals surface area contributed by atoms with Crippen LogP contribution < -0.4 is 5.73 Å². The second-order valence-electron chi connectivity index (χ2n) is 5.18. The van der Waals surface area contributed by atoms with Gasteiger partial charge in [-0.25, -0.2) is 0 Å². The molecule has 0 unspecified atom stereocenters. The molecule has 1 aromatic rings. The van der Waals surface area contributed by atoms with Crippen LogP contribution >= 0.6 is 27.7 Å². The third-order valence-corrected chi connectivity index (χ3v) is 4.94. The summed E-state index contributed by atoms with van der Waals surface area (Å²) >= 11 is 5.28. The van der Waals surface area contributed by atoms with Crippen LogP contribution in [0.1, 0.15) is 24.8 Å². The summed E-state index contributed by atoms with van der Waals surface area (Å²) in [6.45, 7) is 0.651. The van der Waals surface area contributed by atoms with E-state index in [4.69, 9.17) is 5.73 Å². The molecule has 1 aliphatic rings. The Morgan fingerprint density at radius 2 is 2.20 bits per heavy atom. The largest absolute Gasteiger partial charge is 0.334 e. The number of carbonyl (C=O) groups is 1. The van der Waals surface area contributed by atoms with E-state index in [1.807, 2.05) is 29.4 Å². The Kier molecular flexibility index (Phi) is 5.93. The maximum atomic E-state index is 12.5. The van der Waals surface area contributed by atoms with Gasteiger partial charge in [0.15, 0.2) is 0 Å². The lowest BCUT2D eigenvalue weighted by Crippen LogP contribution is -2.44. The highest BCUT2D eigenvalue weighted by Gasteiger charge is 2.34. The Balaban J connectivity index is 2.04. The average Bonchev–Trinajstić information content (AvgIpc) is 3.27. The molecular formula is C15H21BrN2OS. The molecule has 1 saturated carbocycles. The molecule has 1 atom stereocenters. The minimum atomic E-state index is -0.370. The van der Waals surface area contributed by atoms with Crippen LogP contribution in [0, 0.1) is 0 Å². The van der Waals surface area contributed by atoms with E-state index >= 15 is 0 Å². The van der Waals surface area contributed by atoms with Crippen molar-refractivity contribution in [2.24, 2.45) is 5.73 Å². The highest BCUT2D eigenvalue weighted by molar-refractivity contribution is 9.10. The smallest absolute Gasteiger partial charge is 0.240 e. The summed E-state index contributed by atoms with van der Waals surface area (Å²) in [5.41, 5.74) is 7.19. The Morgan fingerprint density at radius 1 is 1.50 bits per heavy atom. The van der Waals surface area contributed by atoms with E-state index in [0.717, 1.165) is 35.1 Å². The second kappa shape index (κ2) is 7.48. The quantitative estimate of drug-likeness (QED) is 0.816. The number of nitrogens with zero attached hydrogens (tertiary/aromatic N) is 1. The third kappa shape index (κ3) is 4.24. The van der Waals surface area contributed by atoms with E-state index in [-0.39, 0.29) is 11.9 Å². The fourth-order valence-electron chi connectivity index (χ4n) is 2.16. The summed E-state index contributed by atoms with van der Waals surface area (Å²) < 4.78 is 1.05.